The summed E-state index contributed by atoms with van der Waals surface area (Å²) in [5.41, 5.74) is -3.01. The van der Waals surface area contributed by atoms with Gasteiger partial charge in [0.1, 0.15) is 11.2 Å². The van der Waals surface area contributed by atoms with Crippen molar-refractivity contribution in [1.82, 2.24) is 0 Å². The van der Waals surface area contributed by atoms with E-state index < -0.39 is 155 Å². The topological polar surface area (TPSA) is 16.4 Å². The van der Waals surface area contributed by atoms with Gasteiger partial charge < -0.3 is 9.32 Å². The summed E-state index contributed by atoms with van der Waals surface area (Å²) in [6.07, 6.45) is 0. The molecule has 11 aromatic rings. The first-order valence-electron chi connectivity index (χ1n) is 32.6. The molecule has 0 fully saturated rings. The molecule has 0 spiro atoms. The molecule has 0 saturated heterocycles. The molecule has 13 rings (SSSR count). The van der Waals surface area contributed by atoms with E-state index in [0.717, 1.165) is 22.3 Å². The third-order valence-electron chi connectivity index (χ3n) is 12.8. The van der Waals surface area contributed by atoms with Crippen LogP contribution in [0.15, 0.2) is 241 Å². The molecule has 0 bridgehead atoms. The van der Waals surface area contributed by atoms with E-state index in [9.17, 15) is 15.1 Å². The van der Waals surface area contributed by atoms with Crippen molar-refractivity contribution in [3.05, 3.63) is 270 Å². The maximum atomic E-state index is 10.5. The molecule has 0 amide bonds. The van der Waals surface area contributed by atoms with E-state index in [1.165, 1.54) is 11.0 Å². The van der Waals surface area contributed by atoms with Crippen LogP contribution in [-0.2, 0) is 10.8 Å². The highest BCUT2D eigenvalue weighted by Crippen LogP contribution is 2.57. The second-order valence-corrected chi connectivity index (χ2v) is 16.2. The maximum Gasteiger partial charge on any atom is 0.137 e. The third kappa shape index (κ3) is 5.61. The number of fused-ring (bicyclic) bond motifs is 9. The highest BCUT2D eigenvalue weighted by atomic mass is 16.3. The summed E-state index contributed by atoms with van der Waals surface area (Å²) in [5.74, 6) is 0. The Balaban J connectivity index is 1.16. The summed E-state index contributed by atoms with van der Waals surface area (Å²) in [5, 5.41) is 0.499. The van der Waals surface area contributed by atoms with E-state index in [1.807, 2.05) is 54.6 Å². The Morgan fingerprint density at radius 1 is 0.439 bits per heavy atom. The molecule has 0 aliphatic heterocycles. The summed E-state index contributed by atoms with van der Waals surface area (Å²) >= 11 is 0. The molecule has 312 valence electrons. The molecule has 2 nitrogen and oxygen atoms in total. The normalized spacial score (nSPS) is 19.2. The molecule has 2 heteroatoms. The van der Waals surface area contributed by atoms with Crippen molar-refractivity contribution in [1.29, 1.82) is 0 Å². The maximum absolute atomic E-state index is 10.5. The smallest absolute Gasteiger partial charge is 0.137 e. The van der Waals surface area contributed by atoms with Gasteiger partial charge in [-0.15, -0.1) is 0 Å². The zero-order valence-electron chi connectivity index (χ0n) is 57.6. The van der Waals surface area contributed by atoms with Crippen LogP contribution < -0.4 is 4.90 Å². The van der Waals surface area contributed by atoms with Crippen LogP contribution in [0, 0.1) is 0 Å². The Hall–Kier alpha value is -8.20. The van der Waals surface area contributed by atoms with Crippen molar-refractivity contribution >= 4 is 39.0 Å². The molecular formula is C64H45NO. The Morgan fingerprint density at radius 2 is 1.09 bits per heavy atom. The standard InChI is InChI=1S/C64H45NO/c1-63(2)55-26-12-9-23-50(55)53-37-36-49(41-58(53)63)65(59-29-16-30-61-62(59)54-39-45(33-38-60(54)66-61)43-19-7-4-8-20-43)48-22-15-21-47(40-48)64(46-34-31-44(32-35-46)42-17-5-3-6-18-42)56-27-13-10-24-51(56)52-25-11-14-28-57(52)64/h3-41H,1-2H3/i1D3,2D3,3D,4D,5D,6D,7D,8D,9D,12D,17D,18D,19D,20D,23D,26D,36D,37D,41D. The van der Waals surface area contributed by atoms with Crippen molar-refractivity contribution in [3.8, 4) is 44.5 Å². The molecule has 0 saturated carbocycles. The summed E-state index contributed by atoms with van der Waals surface area (Å²) in [6, 6.07) is 27.2. The fraction of sp³-hybridized carbons (Fsp3) is 0.0625. The Labute approximate surface area is 418 Å². The predicted molar refractivity (Wildman–Crippen MR) is 274 cm³/mol. The minimum Gasteiger partial charge on any atom is -0.456 e. The van der Waals surface area contributed by atoms with Crippen molar-refractivity contribution in [2.75, 3.05) is 4.90 Å². The van der Waals surface area contributed by atoms with E-state index >= 15 is 0 Å². The average Bonchev–Trinajstić information content (AvgIpc) is 1.54. The van der Waals surface area contributed by atoms with Gasteiger partial charge in [-0.1, -0.05) is 201 Å². The summed E-state index contributed by atoms with van der Waals surface area (Å²) in [7, 11) is 0. The van der Waals surface area contributed by atoms with Crippen LogP contribution in [-0.4, -0.2) is 0 Å². The van der Waals surface area contributed by atoms with Crippen LogP contribution in [0.4, 0.5) is 17.1 Å². The average molecular weight is 867 g/mol. The number of anilines is 3. The van der Waals surface area contributed by atoms with Gasteiger partial charge in [-0.2, -0.15) is 0 Å². The molecule has 66 heavy (non-hydrogen) atoms. The van der Waals surface area contributed by atoms with Gasteiger partial charge in [-0.3, -0.25) is 0 Å². The fourth-order valence-corrected chi connectivity index (χ4v) is 10.00. The minimum atomic E-state index is -3.74. The highest BCUT2D eigenvalue weighted by Gasteiger charge is 2.46. The molecule has 0 N–H and O–H groups in total. The second kappa shape index (κ2) is 14.7. The number of rotatable bonds is 7. The summed E-state index contributed by atoms with van der Waals surface area (Å²) in [4.78, 5) is 1.39. The summed E-state index contributed by atoms with van der Waals surface area (Å²) < 4.78 is 214. The van der Waals surface area contributed by atoms with Gasteiger partial charge in [-0.05, 0) is 126 Å². The van der Waals surface area contributed by atoms with Crippen molar-refractivity contribution in [3.63, 3.8) is 0 Å². The zero-order chi connectivity index (χ0) is 63.8. The number of nitrogens with zero attached hydrogens (tertiary/aromatic N) is 1. The SMILES string of the molecule is [2H]c1c([2H])c([2H])c(-c2ccc(C3(c4cccc(N(c5c([2H])c([2H])c6c(c5[2H])C(C([2H])([2H])[2H])(C([2H])([2H])[2H])c5c([2H])c([2H])c([2H])c([2H])c5-6)c5cccc6oc7ccc(-c8c([2H])c([2H])c([2H])c([2H])c8[2H])cc7c56)c4)c4ccccc4-c4ccccc43)cc2)c([2H])c1[2H]. The zero-order valence-corrected chi connectivity index (χ0v) is 34.6. The van der Waals surface area contributed by atoms with Crippen LogP contribution in [0.25, 0.3) is 66.4 Å². The number of hydrogen-bond acceptors (Lipinski definition) is 2. The molecule has 0 atom stereocenters. The van der Waals surface area contributed by atoms with E-state index in [0.29, 0.717) is 16.7 Å². The Kier molecular flexibility index (Phi) is 4.81. The first-order chi connectivity index (χ1) is 42.0. The highest BCUT2D eigenvalue weighted by molar-refractivity contribution is 6.14. The predicted octanol–water partition coefficient (Wildman–Crippen LogP) is 17.1. The molecule has 1 aromatic heterocycles. The fourth-order valence-electron chi connectivity index (χ4n) is 10.00. The van der Waals surface area contributed by atoms with Gasteiger partial charge in [0.25, 0.3) is 0 Å². The van der Waals surface area contributed by atoms with E-state index in [-0.39, 0.29) is 50.0 Å². The van der Waals surface area contributed by atoms with Crippen LogP contribution in [0.1, 0.15) is 78.6 Å². The number of furan rings is 1. The molecule has 0 radical (unpaired) electrons. The molecule has 1 heterocycles. The Morgan fingerprint density at radius 3 is 1.83 bits per heavy atom. The lowest BCUT2D eigenvalue weighted by Gasteiger charge is -2.35. The van der Waals surface area contributed by atoms with E-state index in [2.05, 4.69) is 0 Å². The first-order valence-corrected chi connectivity index (χ1v) is 21.1. The molecule has 2 aliphatic rings. The van der Waals surface area contributed by atoms with Crippen molar-refractivity contribution in [2.45, 2.75) is 24.5 Å². The summed E-state index contributed by atoms with van der Waals surface area (Å²) in [6.45, 7) is -7.48. The van der Waals surface area contributed by atoms with Gasteiger partial charge in [-0.25, -0.2) is 0 Å². The first kappa shape index (κ1) is 21.7. The van der Waals surface area contributed by atoms with Crippen LogP contribution in [0.2, 0.25) is 0 Å². The number of hydrogen-bond donors (Lipinski definition) is 0. The van der Waals surface area contributed by atoms with Gasteiger partial charge in [0.15, 0.2) is 0 Å². The lowest BCUT2D eigenvalue weighted by molar-refractivity contribution is 0.660. The lowest BCUT2D eigenvalue weighted by atomic mass is 9.67. The Bertz CT molecular complexity index is 4810. The van der Waals surface area contributed by atoms with Gasteiger partial charge in [0, 0.05) is 30.4 Å². The lowest BCUT2D eigenvalue weighted by Crippen LogP contribution is -2.29. The number of benzene rings is 10. The quantitative estimate of drug-likeness (QED) is 0.159. The third-order valence-corrected chi connectivity index (χ3v) is 12.8. The second-order valence-electron chi connectivity index (χ2n) is 16.2. The van der Waals surface area contributed by atoms with E-state index in [4.69, 9.17) is 20.9 Å². The largest absolute Gasteiger partial charge is 0.456 e. The van der Waals surface area contributed by atoms with Gasteiger partial charge in [0.05, 0.1) is 39.8 Å². The van der Waals surface area contributed by atoms with Crippen LogP contribution >= 0.6 is 0 Å². The van der Waals surface area contributed by atoms with Crippen LogP contribution in [0.5, 0.6) is 0 Å². The monoisotopic (exact) mass is 866 g/mol. The minimum absolute atomic E-state index is 0.0226. The van der Waals surface area contributed by atoms with Crippen molar-refractivity contribution < 1.29 is 35.9 Å². The van der Waals surface area contributed by atoms with Gasteiger partial charge >= 0.3 is 0 Å². The molecule has 10 aromatic carbocycles. The van der Waals surface area contributed by atoms with E-state index in [1.54, 1.807) is 72.8 Å². The molecule has 0 unspecified atom stereocenters. The van der Waals surface area contributed by atoms with Crippen molar-refractivity contribution in [2.24, 2.45) is 0 Å². The van der Waals surface area contributed by atoms with Crippen LogP contribution in [0.3, 0.4) is 0 Å². The van der Waals surface area contributed by atoms with Gasteiger partial charge in [0.2, 0.25) is 0 Å². The molecule has 2 aliphatic carbocycles. The molecular weight excluding hydrogens is 799 g/mol.